The van der Waals surface area contributed by atoms with Gasteiger partial charge in [0.1, 0.15) is 5.76 Å². The molecule has 0 aliphatic heterocycles. The minimum atomic E-state index is 0.767. The molecule has 2 aromatic heterocycles. The number of imidazole rings is 1. The van der Waals surface area contributed by atoms with Crippen molar-refractivity contribution in [2.75, 3.05) is 0 Å². The maximum absolute atomic E-state index is 5.62. The molecule has 0 aliphatic carbocycles. The van der Waals surface area contributed by atoms with Gasteiger partial charge in [0.2, 0.25) is 0 Å². The molecule has 2 heterocycles. The zero-order chi connectivity index (χ0) is 9.97. The molecule has 3 nitrogen and oxygen atoms in total. The summed E-state index contributed by atoms with van der Waals surface area (Å²) in [6, 6.07) is 1.98. The summed E-state index contributed by atoms with van der Waals surface area (Å²) in [5.41, 5.74) is 1.12. The van der Waals surface area contributed by atoms with E-state index in [1.807, 2.05) is 32.1 Å². The lowest BCUT2D eigenvalue weighted by Gasteiger charge is -1.88. The van der Waals surface area contributed by atoms with Crippen molar-refractivity contribution >= 4 is 6.08 Å². The molecule has 0 saturated heterocycles. The fourth-order valence-corrected chi connectivity index (χ4v) is 1.33. The van der Waals surface area contributed by atoms with Crippen molar-refractivity contribution in [2.24, 2.45) is 0 Å². The fraction of sp³-hybridized carbons (Fsp3) is 0.182. The normalized spacial score (nSPS) is 11.3. The molecule has 0 saturated carbocycles. The summed E-state index contributed by atoms with van der Waals surface area (Å²) in [4.78, 5) is 7.13. The molecule has 3 heteroatoms. The van der Waals surface area contributed by atoms with Crippen LogP contribution >= 0.6 is 0 Å². The van der Waals surface area contributed by atoms with Gasteiger partial charge in [-0.05, 0) is 31.6 Å². The fourth-order valence-electron chi connectivity index (χ4n) is 1.33. The van der Waals surface area contributed by atoms with Crippen molar-refractivity contribution in [3.63, 3.8) is 0 Å². The topological polar surface area (TPSA) is 41.8 Å². The van der Waals surface area contributed by atoms with Crippen LogP contribution in [0.1, 0.15) is 18.2 Å². The summed E-state index contributed by atoms with van der Waals surface area (Å²) < 4.78 is 5.62. The first-order chi connectivity index (χ1) is 6.81. The third-order valence-corrected chi connectivity index (χ3v) is 2.01. The van der Waals surface area contributed by atoms with E-state index in [0.717, 1.165) is 22.9 Å². The van der Waals surface area contributed by atoms with Crippen LogP contribution in [0.3, 0.4) is 0 Å². The summed E-state index contributed by atoms with van der Waals surface area (Å²) in [6.45, 7) is 3.99. The first kappa shape index (κ1) is 8.81. The zero-order valence-electron chi connectivity index (χ0n) is 8.24. The van der Waals surface area contributed by atoms with Crippen molar-refractivity contribution < 1.29 is 4.42 Å². The van der Waals surface area contributed by atoms with Crippen LogP contribution in [0.5, 0.6) is 0 Å². The van der Waals surface area contributed by atoms with Gasteiger partial charge in [-0.15, -0.1) is 0 Å². The van der Waals surface area contributed by atoms with Crippen molar-refractivity contribution in [1.29, 1.82) is 0 Å². The standard InChI is InChI=1S/C11H12N2O/c1-3-4-9-8(2)7-10(14-9)11-12-5-6-13-11/h3-7H,1-2H3,(H,12,13)/b4-3-. The van der Waals surface area contributed by atoms with E-state index in [2.05, 4.69) is 9.97 Å². The summed E-state index contributed by atoms with van der Waals surface area (Å²) >= 11 is 0. The van der Waals surface area contributed by atoms with Crippen molar-refractivity contribution in [3.05, 3.63) is 35.9 Å². The minimum Gasteiger partial charge on any atom is -0.453 e. The van der Waals surface area contributed by atoms with Crippen molar-refractivity contribution in [1.82, 2.24) is 9.97 Å². The molecule has 72 valence electrons. The molecule has 1 N–H and O–H groups in total. The highest BCUT2D eigenvalue weighted by molar-refractivity contribution is 5.56. The number of furan rings is 1. The second-order valence-corrected chi connectivity index (χ2v) is 3.10. The van der Waals surface area contributed by atoms with Gasteiger partial charge >= 0.3 is 0 Å². The number of H-pyrrole nitrogens is 1. The number of hydrogen-bond donors (Lipinski definition) is 1. The Hall–Kier alpha value is -1.77. The van der Waals surface area contributed by atoms with Gasteiger partial charge in [-0.2, -0.15) is 0 Å². The van der Waals surface area contributed by atoms with Crippen LogP contribution in [0.15, 0.2) is 29.0 Å². The second kappa shape index (κ2) is 3.54. The maximum Gasteiger partial charge on any atom is 0.173 e. The average molecular weight is 188 g/mol. The van der Waals surface area contributed by atoms with E-state index in [-0.39, 0.29) is 0 Å². The third kappa shape index (κ3) is 1.48. The molecule has 0 bridgehead atoms. The minimum absolute atomic E-state index is 0.767. The van der Waals surface area contributed by atoms with Gasteiger partial charge in [0.05, 0.1) is 0 Å². The van der Waals surface area contributed by atoms with Gasteiger partial charge in [0, 0.05) is 12.4 Å². The molecule has 2 aromatic rings. The van der Waals surface area contributed by atoms with Crippen LogP contribution in [0.25, 0.3) is 17.7 Å². The van der Waals surface area contributed by atoms with Crippen LogP contribution < -0.4 is 0 Å². The average Bonchev–Trinajstić information content (AvgIpc) is 2.76. The van der Waals surface area contributed by atoms with Crippen molar-refractivity contribution in [2.45, 2.75) is 13.8 Å². The molecular formula is C11H12N2O. The Morgan fingerprint density at radius 2 is 2.36 bits per heavy atom. The highest BCUT2D eigenvalue weighted by Crippen LogP contribution is 2.23. The van der Waals surface area contributed by atoms with Crippen LogP contribution in [0.2, 0.25) is 0 Å². The SMILES string of the molecule is C/C=C\c1oc(-c2ncc[nH]2)cc1C. The molecule has 0 spiro atoms. The number of hydrogen-bond acceptors (Lipinski definition) is 2. The van der Waals surface area contributed by atoms with E-state index in [1.54, 1.807) is 12.4 Å². The molecule has 0 radical (unpaired) electrons. The Kier molecular flexibility index (Phi) is 2.23. The van der Waals surface area contributed by atoms with E-state index < -0.39 is 0 Å². The number of aromatic amines is 1. The lowest BCUT2D eigenvalue weighted by Crippen LogP contribution is -1.73. The molecular weight excluding hydrogens is 176 g/mol. The second-order valence-electron chi connectivity index (χ2n) is 3.10. The van der Waals surface area contributed by atoms with E-state index >= 15 is 0 Å². The lowest BCUT2D eigenvalue weighted by molar-refractivity contribution is 0.565. The Morgan fingerprint density at radius 3 is 3.00 bits per heavy atom. The van der Waals surface area contributed by atoms with Crippen LogP contribution in [0, 0.1) is 6.92 Å². The van der Waals surface area contributed by atoms with Crippen LogP contribution in [-0.2, 0) is 0 Å². The monoisotopic (exact) mass is 188 g/mol. The van der Waals surface area contributed by atoms with E-state index in [9.17, 15) is 0 Å². The Balaban J connectivity index is 2.42. The molecule has 0 amide bonds. The van der Waals surface area contributed by atoms with Gasteiger partial charge in [0.25, 0.3) is 0 Å². The summed E-state index contributed by atoms with van der Waals surface area (Å²) in [5, 5.41) is 0. The predicted molar refractivity (Wildman–Crippen MR) is 55.7 cm³/mol. The highest BCUT2D eigenvalue weighted by atomic mass is 16.3. The van der Waals surface area contributed by atoms with Gasteiger partial charge in [-0.1, -0.05) is 6.08 Å². The summed E-state index contributed by atoms with van der Waals surface area (Å²) in [7, 11) is 0. The Bertz CT molecular complexity index is 438. The van der Waals surface area contributed by atoms with E-state index in [4.69, 9.17) is 4.42 Å². The molecule has 0 aromatic carbocycles. The van der Waals surface area contributed by atoms with Gasteiger partial charge in [-0.3, -0.25) is 0 Å². The predicted octanol–water partition coefficient (Wildman–Crippen LogP) is 3.01. The van der Waals surface area contributed by atoms with E-state index in [1.165, 1.54) is 0 Å². The number of allylic oxidation sites excluding steroid dienone is 1. The number of nitrogens with one attached hydrogen (secondary N) is 1. The molecule has 0 unspecified atom stereocenters. The smallest absolute Gasteiger partial charge is 0.173 e. The lowest BCUT2D eigenvalue weighted by atomic mass is 10.2. The third-order valence-electron chi connectivity index (χ3n) is 2.01. The largest absolute Gasteiger partial charge is 0.453 e. The summed E-state index contributed by atoms with van der Waals surface area (Å²) in [5.74, 6) is 2.43. The number of nitrogens with zero attached hydrogens (tertiary/aromatic N) is 1. The number of aryl methyl sites for hydroxylation is 1. The first-order valence-corrected chi connectivity index (χ1v) is 4.54. The molecule has 0 aliphatic rings. The Labute approximate surface area is 82.5 Å². The molecule has 14 heavy (non-hydrogen) atoms. The quantitative estimate of drug-likeness (QED) is 0.787. The number of rotatable bonds is 2. The zero-order valence-corrected chi connectivity index (χ0v) is 8.24. The van der Waals surface area contributed by atoms with Crippen LogP contribution in [0.4, 0.5) is 0 Å². The van der Waals surface area contributed by atoms with Crippen molar-refractivity contribution in [3.8, 4) is 11.6 Å². The highest BCUT2D eigenvalue weighted by Gasteiger charge is 2.08. The molecule has 0 atom stereocenters. The maximum atomic E-state index is 5.62. The molecule has 0 fully saturated rings. The first-order valence-electron chi connectivity index (χ1n) is 4.54. The van der Waals surface area contributed by atoms with Crippen LogP contribution in [-0.4, -0.2) is 9.97 Å². The van der Waals surface area contributed by atoms with Gasteiger partial charge < -0.3 is 9.40 Å². The number of aromatic nitrogens is 2. The van der Waals surface area contributed by atoms with Gasteiger partial charge in [0.15, 0.2) is 11.6 Å². The molecule has 2 rings (SSSR count). The van der Waals surface area contributed by atoms with Gasteiger partial charge in [-0.25, -0.2) is 4.98 Å². The Morgan fingerprint density at radius 1 is 1.50 bits per heavy atom. The van der Waals surface area contributed by atoms with E-state index in [0.29, 0.717) is 0 Å². The summed E-state index contributed by atoms with van der Waals surface area (Å²) in [6.07, 6.45) is 7.39.